The smallest absolute Gasteiger partial charge is 0.0384 e. The molecule has 19 heavy (non-hydrogen) atoms. The first kappa shape index (κ1) is 13.2. The predicted octanol–water partition coefficient (Wildman–Crippen LogP) is 5.41. The fraction of sp³-hybridized carbons (Fsp3) is 0.111. The van der Waals surface area contributed by atoms with Gasteiger partial charge in [-0.3, -0.25) is 0 Å². The van der Waals surface area contributed by atoms with Crippen LogP contribution in [0.5, 0.6) is 0 Å². The average molecular weight is 249 g/mol. The molecule has 2 rings (SSSR count). The van der Waals surface area contributed by atoms with Gasteiger partial charge in [-0.2, -0.15) is 0 Å². The lowest BCUT2D eigenvalue weighted by molar-refractivity contribution is 1.22. The quantitative estimate of drug-likeness (QED) is 0.699. The molecule has 1 N–H and O–H groups in total. The van der Waals surface area contributed by atoms with E-state index in [1.165, 1.54) is 5.56 Å². The zero-order valence-electron chi connectivity index (χ0n) is 11.2. The third kappa shape index (κ3) is 4.47. The summed E-state index contributed by atoms with van der Waals surface area (Å²) in [5.74, 6) is 0. The molecule has 0 unspecified atom stereocenters. The van der Waals surface area contributed by atoms with Crippen LogP contribution in [0.15, 0.2) is 72.8 Å². The maximum atomic E-state index is 3.37. The van der Waals surface area contributed by atoms with Gasteiger partial charge in [-0.05, 0) is 36.2 Å². The van der Waals surface area contributed by atoms with Crippen molar-refractivity contribution in [2.45, 2.75) is 13.3 Å². The van der Waals surface area contributed by atoms with Gasteiger partial charge in [0.05, 0.1) is 0 Å². The molecule has 0 saturated heterocycles. The first-order chi connectivity index (χ1) is 9.38. The molecule has 0 aliphatic rings. The number of nitrogens with one attached hydrogen (secondary N) is 1. The molecule has 0 aliphatic heterocycles. The molecule has 0 fully saturated rings. The zero-order valence-corrected chi connectivity index (χ0v) is 11.2. The Morgan fingerprint density at radius 2 is 1.53 bits per heavy atom. The summed E-state index contributed by atoms with van der Waals surface area (Å²) >= 11 is 0. The number of allylic oxidation sites excluding steroid dienone is 3. The van der Waals surface area contributed by atoms with E-state index in [0.717, 1.165) is 17.8 Å². The summed E-state index contributed by atoms with van der Waals surface area (Å²) in [5, 5.41) is 3.37. The summed E-state index contributed by atoms with van der Waals surface area (Å²) in [6, 6.07) is 18.6. The number of hydrogen-bond donors (Lipinski definition) is 1. The van der Waals surface area contributed by atoms with Crippen LogP contribution in [0.4, 0.5) is 11.4 Å². The molecule has 0 bridgehead atoms. The summed E-state index contributed by atoms with van der Waals surface area (Å²) in [6.07, 6.45) is 9.48. The highest BCUT2D eigenvalue weighted by molar-refractivity contribution is 5.62. The molecule has 1 nitrogen and oxygen atoms in total. The van der Waals surface area contributed by atoms with Gasteiger partial charge >= 0.3 is 0 Å². The molecule has 2 aromatic rings. The molecule has 0 spiro atoms. The third-order valence-corrected chi connectivity index (χ3v) is 2.74. The standard InChI is InChI=1S/C18H19N/c1-2-3-4-6-9-16-12-14-18(15-13-16)19-17-10-7-5-8-11-17/h3-15,19H,2H2,1H3/b4-3-,9-6+. The second-order valence-corrected chi connectivity index (χ2v) is 4.31. The van der Waals surface area contributed by atoms with Crippen LogP contribution in [0, 0.1) is 0 Å². The van der Waals surface area contributed by atoms with Gasteiger partial charge in [0.2, 0.25) is 0 Å². The van der Waals surface area contributed by atoms with Crippen LogP contribution in [-0.2, 0) is 0 Å². The Hall–Kier alpha value is -2.28. The van der Waals surface area contributed by atoms with E-state index < -0.39 is 0 Å². The lowest BCUT2D eigenvalue weighted by Gasteiger charge is -2.06. The monoisotopic (exact) mass is 249 g/mol. The van der Waals surface area contributed by atoms with Crippen LogP contribution < -0.4 is 5.32 Å². The van der Waals surface area contributed by atoms with Gasteiger partial charge in [0.25, 0.3) is 0 Å². The Morgan fingerprint density at radius 3 is 2.21 bits per heavy atom. The molecule has 0 atom stereocenters. The van der Waals surface area contributed by atoms with Gasteiger partial charge in [-0.15, -0.1) is 0 Å². The molecule has 0 amide bonds. The van der Waals surface area contributed by atoms with Crippen LogP contribution in [0.25, 0.3) is 6.08 Å². The highest BCUT2D eigenvalue weighted by Crippen LogP contribution is 2.17. The van der Waals surface area contributed by atoms with Crippen molar-refractivity contribution in [1.29, 1.82) is 0 Å². The Balaban J connectivity index is 1.99. The van der Waals surface area contributed by atoms with E-state index in [1.807, 2.05) is 18.2 Å². The topological polar surface area (TPSA) is 12.0 Å². The second-order valence-electron chi connectivity index (χ2n) is 4.31. The van der Waals surface area contributed by atoms with E-state index >= 15 is 0 Å². The maximum Gasteiger partial charge on any atom is 0.0384 e. The Morgan fingerprint density at radius 1 is 0.842 bits per heavy atom. The van der Waals surface area contributed by atoms with Crippen molar-refractivity contribution in [3.05, 3.63) is 78.4 Å². The van der Waals surface area contributed by atoms with Gasteiger partial charge < -0.3 is 5.32 Å². The fourth-order valence-electron chi connectivity index (χ4n) is 1.75. The minimum absolute atomic E-state index is 1.07. The lowest BCUT2D eigenvalue weighted by Crippen LogP contribution is -1.88. The maximum absolute atomic E-state index is 3.37. The largest absolute Gasteiger partial charge is 0.356 e. The highest BCUT2D eigenvalue weighted by Gasteiger charge is 1.93. The Bertz CT molecular complexity index is 536. The normalized spacial score (nSPS) is 11.2. The van der Waals surface area contributed by atoms with Crippen LogP contribution in [-0.4, -0.2) is 0 Å². The van der Waals surface area contributed by atoms with Crippen LogP contribution in [0.1, 0.15) is 18.9 Å². The Kier molecular flexibility index (Phi) is 5.00. The van der Waals surface area contributed by atoms with Crippen molar-refractivity contribution < 1.29 is 0 Å². The average Bonchev–Trinajstić information content (AvgIpc) is 2.46. The third-order valence-electron chi connectivity index (χ3n) is 2.74. The Labute approximate surface area is 115 Å². The van der Waals surface area contributed by atoms with Gasteiger partial charge in [0.15, 0.2) is 0 Å². The summed E-state index contributed by atoms with van der Waals surface area (Å²) in [5.41, 5.74) is 3.42. The summed E-state index contributed by atoms with van der Waals surface area (Å²) in [4.78, 5) is 0. The number of rotatable bonds is 5. The molecule has 96 valence electrons. The SMILES string of the molecule is CC/C=C\C=C\c1ccc(Nc2ccccc2)cc1. The molecule has 0 aromatic heterocycles. The number of benzene rings is 2. The highest BCUT2D eigenvalue weighted by atomic mass is 14.9. The lowest BCUT2D eigenvalue weighted by atomic mass is 10.2. The summed E-state index contributed by atoms with van der Waals surface area (Å²) < 4.78 is 0. The molecule has 0 radical (unpaired) electrons. The molecule has 1 heteroatoms. The van der Waals surface area contributed by atoms with E-state index in [-0.39, 0.29) is 0 Å². The molecular formula is C18H19N. The van der Waals surface area contributed by atoms with Gasteiger partial charge in [0, 0.05) is 11.4 Å². The summed E-state index contributed by atoms with van der Waals surface area (Å²) in [6.45, 7) is 2.13. The van der Waals surface area contributed by atoms with E-state index in [4.69, 9.17) is 0 Å². The first-order valence-corrected chi connectivity index (χ1v) is 6.64. The minimum atomic E-state index is 1.07. The van der Waals surface area contributed by atoms with E-state index in [9.17, 15) is 0 Å². The fourth-order valence-corrected chi connectivity index (χ4v) is 1.75. The van der Waals surface area contributed by atoms with E-state index in [1.54, 1.807) is 0 Å². The van der Waals surface area contributed by atoms with Gasteiger partial charge in [-0.25, -0.2) is 0 Å². The van der Waals surface area contributed by atoms with Crippen molar-refractivity contribution in [2.75, 3.05) is 5.32 Å². The molecule has 0 heterocycles. The van der Waals surface area contributed by atoms with Gasteiger partial charge in [0.1, 0.15) is 0 Å². The van der Waals surface area contributed by atoms with Crippen molar-refractivity contribution in [2.24, 2.45) is 0 Å². The van der Waals surface area contributed by atoms with Crippen LogP contribution >= 0.6 is 0 Å². The molecule has 2 aromatic carbocycles. The van der Waals surface area contributed by atoms with E-state index in [0.29, 0.717) is 0 Å². The van der Waals surface area contributed by atoms with Crippen LogP contribution in [0.3, 0.4) is 0 Å². The number of anilines is 2. The van der Waals surface area contributed by atoms with Crippen molar-refractivity contribution in [3.63, 3.8) is 0 Å². The predicted molar refractivity (Wildman–Crippen MR) is 84.6 cm³/mol. The number of hydrogen-bond acceptors (Lipinski definition) is 1. The summed E-state index contributed by atoms with van der Waals surface area (Å²) in [7, 11) is 0. The van der Waals surface area contributed by atoms with Gasteiger partial charge in [-0.1, -0.05) is 61.6 Å². The van der Waals surface area contributed by atoms with Crippen molar-refractivity contribution in [3.8, 4) is 0 Å². The second kappa shape index (κ2) is 7.22. The molecular weight excluding hydrogens is 230 g/mol. The van der Waals surface area contributed by atoms with Crippen molar-refractivity contribution >= 4 is 17.5 Å². The molecule has 0 saturated carbocycles. The molecule has 0 aliphatic carbocycles. The van der Waals surface area contributed by atoms with E-state index in [2.05, 4.69) is 72.9 Å². The zero-order chi connectivity index (χ0) is 13.3. The van der Waals surface area contributed by atoms with Crippen molar-refractivity contribution in [1.82, 2.24) is 0 Å². The van der Waals surface area contributed by atoms with Crippen LogP contribution in [0.2, 0.25) is 0 Å². The minimum Gasteiger partial charge on any atom is -0.356 e. The first-order valence-electron chi connectivity index (χ1n) is 6.64. The number of para-hydroxylation sites is 1.